The summed E-state index contributed by atoms with van der Waals surface area (Å²) >= 11 is 0. The van der Waals surface area contributed by atoms with Crippen molar-refractivity contribution in [3.8, 4) is 0 Å². The maximum absolute atomic E-state index is 9.69. The Hall–Kier alpha value is -0.120. The smallest absolute Gasteiger partial charge is 0.0622 e. The molecule has 0 aromatic rings. The van der Waals surface area contributed by atoms with Gasteiger partial charge >= 0.3 is 0 Å². The Morgan fingerprint density at radius 3 is 2.29 bits per heavy atom. The van der Waals surface area contributed by atoms with Crippen LogP contribution in [0.3, 0.4) is 0 Å². The average Bonchev–Trinajstić information content (AvgIpc) is 2.72. The van der Waals surface area contributed by atoms with Crippen LogP contribution in [-0.2, 0) is 4.74 Å². The molecule has 3 rings (SSSR count). The van der Waals surface area contributed by atoms with Crippen LogP contribution in [0.25, 0.3) is 0 Å². The van der Waals surface area contributed by atoms with Crippen molar-refractivity contribution in [3.05, 3.63) is 0 Å². The minimum absolute atomic E-state index is 0.0360. The summed E-state index contributed by atoms with van der Waals surface area (Å²) in [6.45, 7) is 1.85. The van der Waals surface area contributed by atoms with Gasteiger partial charge in [0.1, 0.15) is 0 Å². The van der Waals surface area contributed by atoms with Crippen LogP contribution in [0.4, 0.5) is 0 Å². The Morgan fingerprint density at radius 1 is 1.00 bits per heavy atom. The molecule has 0 aliphatic carbocycles. The van der Waals surface area contributed by atoms with Gasteiger partial charge < -0.3 is 9.84 Å². The number of hydrogen-bond donors (Lipinski definition) is 1. The van der Waals surface area contributed by atoms with Gasteiger partial charge in [-0.1, -0.05) is 0 Å². The molecule has 80 valence electrons. The van der Waals surface area contributed by atoms with Crippen molar-refractivity contribution in [1.29, 1.82) is 0 Å². The number of ether oxygens (including phenoxy) is 1. The molecule has 3 aliphatic rings. The molecule has 4 atom stereocenters. The standard InChI is InChI=1S/C11H19NO2/c13-11-5-8-1-2-9(6-11)12(8)10-3-4-14-7-10/h8-11,13H,1-7H2/t8-,9+,10-,11?/m0/s1. The monoisotopic (exact) mass is 197 g/mol. The topological polar surface area (TPSA) is 32.7 Å². The van der Waals surface area contributed by atoms with E-state index < -0.39 is 0 Å². The van der Waals surface area contributed by atoms with Gasteiger partial charge in [0.25, 0.3) is 0 Å². The number of nitrogens with zero attached hydrogens (tertiary/aromatic N) is 1. The van der Waals surface area contributed by atoms with Gasteiger partial charge in [-0.25, -0.2) is 0 Å². The second-order valence-electron chi connectivity index (χ2n) is 4.97. The zero-order valence-corrected chi connectivity index (χ0v) is 8.56. The van der Waals surface area contributed by atoms with Crippen LogP contribution in [0.2, 0.25) is 0 Å². The Morgan fingerprint density at radius 2 is 1.71 bits per heavy atom. The fourth-order valence-corrected chi connectivity index (χ4v) is 3.54. The molecule has 3 fully saturated rings. The second kappa shape index (κ2) is 3.47. The van der Waals surface area contributed by atoms with E-state index in [9.17, 15) is 5.11 Å². The molecular weight excluding hydrogens is 178 g/mol. The van der Waals surface area contributed by atoms with Crippen LogP contribution < -0.4 is 0 Å². The van der Waals surface area contributed by atoms with E-state index in [2.05, 4.69) is 4.90 Å². The minimum Gasteiger partial charge on any atom is -0.393 e. The van der Waals surface area contributed by atoms with Crippen molar-refractivity contribution in [1.82, 2.24) is 4.90 Å². The molecule has 3 aliphatic heterocycles. The van der Waals surface area contributed by atoms with E-state index in [4.69, 9.17) is 4.74 Å². The highest BCUT2D eigenvalue weighted by Crippen LogP contribution is 2.38. The highest BCUT2D eigenvalue weighted by Gasteiger charge is 2.44. The van der Waals surface area contributed by atoms with E-state index in [-0.39, 0.29) is 6.10 Å². The third kappa shape index (κ3) is 1.38. The molecule has 3 nitrogen and oxygen atoms in total. The van der Waals surface area contributed by atoms with Crippen LogP contribution in [0, 0.1) is 0 Å². The lowest BCUT2D eigenvalue weighted by atomic mass is 9.97. The number of aliphatic hydroxyl groups excluding tert-OH is 1. The van der Waals surface area contributed by atoms with Gasteiger partial charge in [0.15, 0.2) is 0 Å². The third-order valence-corrected chi connectivity index (χ3v) is 4.09. The van der Waals surface area contributed by atoms with E-state index in [1.54, 1.807) is 0 Å². The molecule has 3 saturated heterocycles. The molecule has 0 spiro atoms. The molecule has 3 heteroatoms. The first kappa shape index (κ1) is 9.13. The summed E-state index contributed by atoms with van der Waals surface area (Å²) in [6.07, 6.45) is 5.73. The van der Waals surface area contributed by atoms with Crippen molar-refractivity contribution in [2.75, 3.05) is 13.2 Å². The first-order chi connectivity index (χ1) is 6.84. The quantitative estimate of drug-likeness (QED) is 0.673. The highest BCUT2D eigenvalue weighted by molar-refractivity contribution is 4.98. The first-order valence-corrected chi connectivity index (χ1v) is 5.88. The number of piperidine rings is 1. The lowest BCUT2D eigenvalue weighted by Crippen LogP contribution is -2.50. The van der Waals surface area contributed by atoms with Crippen LogP contribution in [0.5, 0.6) is 0 Å². The Kier molecular flexibility index (Phi) is 2.26. The highest BCUT2D eigenvalue weighted by atomic mass is 16.5. The number of rotatable bonds is 1. The van der Waals surface area contributed by atoms with Gasteiger partial charge in [0.2, 0.25) is 0 Å². The fraction of sp³-hybridized carbons (Fsp3) is 1.00. The number of fused-ring (bicyclic) bond motifs is 2. The van der Waals surface area contributed by atoms with Crippen molar-refractivity contribution < 1.29 is 9.84 Å². The Balaban J connectivity index is 1.74. The van der Waals surface area contributed by atoms with Crippen LogP contribution in [-0.4, -0.2) is 47.4 Å². The SMILES string of the molecule is OC1C[C@H]2CC[C@@H](C1)N2[C@H]1CCOC1. The van der Waals surface area contributed by atoms with Gasteiger partial charge in [0, 0.05) is 24.7 Å². The van der Waals surface area contributed by atoms with E-state index in [0.29, 0.717) is 18.1 Å². The Bertz CT molecular complexity index is 201. The van der Waals surface area contributed by atoms with Gasteiger partial charge in [0.05, 0.1) is 12.7 Å². The summed E-state index contributed by atoms with van der Waals surface area (Å²) in [5.74, 6) is 0. The van der Waals surface area contributed by atoms with E-state index in [1.165, 1.54) is 19.3 Å². The average molecular weight is 197 g/mol. The summed E-state index contributed by atoms with van der Waals surface area (Å²) in [5.41, 5.74) is 0. The molecule has 0 amide bonds. The van der Waals surface area contributed by atoms with Crippen LogP contribution >= 0.6 is 0 Å². The molecule has 14 heavy (non-hydrogen) atoms. The van der Waals surface area contributed by atoms with E-state index in [1.807, 2.05) is 0 Å². The molecule has 0 aromatic carbocycles. The van der Waals surface area contributed by atoms with Gasteiger partial charge in [-0.05, 0) is 32.1 Å². The Labute approximate surface area is 85.0 Å². The second-order valence-corrected chi connectivity index (χ2v) is 4.97. The van der Waals surface area contributed by atoms with E-state index >= 15 is 0 Å². The molecule has 2 bridgehead atoms. The van der Waals surface area contributed by atoms with Crippen molar-refractivity contribution in [3.63, 3.8) is 0 Å². The summed E-state index contributed by atoms with van der Waals surface area (Å²) in [5, 5.41) is 9.69. The summed E-state index contributed by atoms with van der Waals surface area (Å²) < 4.78 is 5.46. The van der Waals surface area contributed by atoms with E-state index in [0.717, 1.165) is 26.1 Å². The lowest BCUT2D eigenvalue weighted by molar-refractivity contribution is 0.00750. The molecule has 3 heterocycles. The zero-order chi connectivity index (χ0) is 9.54. The molecule has 1 unspecified atom stereocenters. The predicted molar refractivity (Wildman–Crippen MR) is 53.1 cm³/mol. The third-order valence-electron chi connectivity index (χ3n) is 4.09. The van der Waals surface area contributed by atoms with Gasteiger partial charge in [-0.3, -0.25) is 4.90 Å². The van der Waals surface area contributed by atoms with Crippen molar-refractivity contribution >= 4 is 0 Å². The van der Waals surface area contributed by atoms with Crippen molar-refractivity contribution in [2.24, 2.45) is 0 Å². The predicted octanol–water partition coefficient (Wildman–Crippen LogP) is 0.763. The maximum Gasteiger partial charge on any atom is 0.0622 e. The zero-order valence-electron chi connectivity index (χ0n) is 8.56. The minimum atomic E-state index is -0.0360. The summed E-state index contributed by atoms with van der Waals surface area (Å²) in [6, 6.07) is 1.95. The van der Waals surface area contributed by atoms with Crippen LogP contribution in [0.1, 0.15) is 32.1 Å². The van der Waals surface area contributed by atoms with Crippen molar-refractivity contribution in [2.45, 2.75) is 56.3 Å². The number of hydrogen-bond acceptors (Lipinski definition) is 3. The van der Waals surface area contributed by atoms with Gasteiger partial charge in [-0.2, -0.15) is 0 Å². The molecule has 0 aromatic heterocycles. The first-order valence-electron chi connectivity index (χ1n) is 5.88. The summed E-state index contributed by atoms with van der Waals surface area (Å²) in [4.78, 5) is 2.65. The van der Waals surface area contributed by atoms with Crippen LogP contribution in [0.15, 0.2) is 0 Å². The largest absolute Gasteiger partial charge is 0.393 e. The fourth-order valence-electron chi connectivity index (χ4n) is 3.54. The maximum atomic E-state index is 9.69. The summed E-state index contributed by atoms with van der Waals surface area (Å²) in [7, 11) is 0. The molecular formula is C11H19NO2. The normalized spacial score (nSPS) is 48.6. The van der Waals surface area contributed by atoms with Gasteiger partial charge in [-0.15, -0.1) is 0 Å². The molecule has 0 radical (unpaired) electrons. The molecule has 0 saturated carbocycles. The molecule has 1 N–H and O–H groups in total. The lowest BCUT2D eigenvalue weighted by Gasteiger charge is -2.40. The number of aliphatic hydroxyl groups is 1.